The molecule has 1 heterocycles. The molecule has 1 aromatic carbocycles. The zero-order valence-corrected chi connectivity index (χ0v) is 11.0. The quantitative estimate of drug-likeness (QED) is 0.880. The molecule has 1 unspecified atom stereocenters. The van der Waals surface area contributed by atoms with Gasteiger partial charge in [-0.2, -0.15) is 5.26 Å². The predicted octanol–water partition coefficient (Wildman–Crippen LogP) is 2.11. The molecule has 3 heteroatoms. The Bertz CT molecular complexity index is 403. The van der Waals surface area contributed by atoms with E-state index >= 15 is 0 Å². The van der Waals surface area contributed by atoms with Crippen molar-refractivity contribution in [3.63, 3.8) is 0 Å². The van der Waals surface area contributed by atoms with Crippen LogP contribution < -0.4 is 5.32 Å². The highest BCUT2D eigenvalue weighted by Crippen LogP contribution is 2.33. The van der Waals surface area contributed by atoms with E-state index in [1.807, 2.05) is 18.2 Å². The van der Waals surface area contributed by atoms with Crippen molar-refractivity contribution in [1.29, 1.82) is 5.26 Å². The van der Waals surface area contributed by atoms with Crippen LogP contribution in [0.2, 0.25) is 0 Å². The van der Waals surface area contributed by atoms with Crippen molar-refractivity contribution >= 4 is 0 Å². The van der Waals surface area contributed by atoms with Crippen LogP contribution in [0.25, 0.3) is 0 Å². The average molecular weight is 243 g/mol. The van der Waals surface area contributed by atoms with Crippen molar-refractivity contribution in [2.24, 2.45) is 0 Å². The number of rotatable bonds is 4. The van der Waals surface area contributed by atoms with Gasteiger partial charge in [-0.25, -0.2) is 0 Å². The molecule has 2 rings (SSSR count). The minimum Gasteiger partial charge on any atom is -0.314 e. The van der Waals surface area contributed by atoms with Gasteiger partial charge in [0, 0.05) is 26.2 Å². The van der Waals surface area contributed by atoms with E-state index in [2.05, 4.69) is 35.3 Å². The lowest BCUT2D eigenvalue weighted by molar-refractivity contribution is 0.108. The van der Waals surface area contributed by atoms with Gasteiger partial charge in [0.05, 0.1) is 6.07 Å². The van der Waals surface area contributed by atoms with Crippen LogP contribution in [0.5, 0.6) is 0 Å². The van der Waals surface area contributed by atoms with E-state index in [0.29, 0.717) is 0 Å². The van der Waals surface area contributed by atoms with Gasteiger partial charge in [-0.05, 0) is 12.0 Å². The second-order valence-electron chi connectivity index (χ2n) is 4.83. The van der Waals surface area contributed by atoms with Gasteiger partial charge in [-0.3, -0.25) is 4.90 Å². The van der Waals surface area contributed by atoms with Crippen LogP contribution >= 0.6 is 0 Å². The van der Waals surface area contributed by atoms with Gasteiger partial charge >= 0.3 is 0 Å². The molecule has 1 atom stereocenters. The second kappa shape index (κ2) is 5.99. The maximum atomic E-state index is 9.80. The Labute approximate surface area is 109 Å². The largest absolute Gasteiger partial charge is 0.314 e. The Hall–Kier alpha value is -1.37. The summed E-state index contributed by atoms with van der Waals surface area (Å²) < 4.78 is 0. The van der Waals surface area contributed by atoms with Crippen molar-refractivity contribution in [1.82, 2.24) is 10.2 Å². The third-order valence-electron chi connectivity index (χ3n) is 3.70. The minimum absolute atomic E-state index is 0.446. The summed E-state index contributed by atoms with van der Waals surface area (Å²) >= 11 is 0. The van der Waals surface area contributed by atoms with Crippen LogP contribution in [-0.4, -0.2) is 31.1 Å². The molecule has 1 N–H and O–H groups in total. The fourth-order valence-corrected chi connectivity index (χ4v) is 2.80. The minimum atomic E-state index is -0.446. The van der Waals surface area contributed by atoms with E-state index in [0.717, 1.165) is 44.6 Å². The first-order valence-electron chi connectivity index (χ1n) is 6.76. The van der Waals surface area contributed by atoms with Gasteiger partial charge in [0.15, 0.2) is 0 Å². The summed E-state index contributed by atoms with van der Waals surface area (Å²) in [5.74, 6) is 0. The van der Waals surface area contributed by atoms with Crippen LogP contribution in [-0.2, 0) is 5.54 Å². The molecule has 1 fully saturated rings. The fourth-order valence-electron chi connectivity index (χ4n) is 2.80. The predicted molar refractivity (Wildman–Crippen MR) is 73.1 cm³/mol. The molecule has 0 aliphatic carbocycles. The molecule has 0 spiro atoms. The van der Waals surface area contributed by atoms with Gasteiger partial charge in [0.1, 0.15) is 5.54 Å². The number of piperazine rings is 1. The normalized spacial score (nSPS) is 20.0. The lowest BCUT2D eigenvalue weighted by atomic mass is 9.84. The first kappa shape index (κ1) is 13.1. The SMILES string of the molecule is CCCC(C#N)(c1ccccc1)N1CCNCC1. The van der Waals surface area contributed by atoms with Crippen LogP contribution in [0.3, 0.4) is 0 Å². The fraction of sp³-hybridized carbons (Fsp3) is 0.533. The average Bonchev–Trinajstić information content (AvgIpc) is 2.47. The van der Waals surface area contributed by atoms with Crippen molar-refractivity contribution in [3.05, 3.63) is 35.9 Å². The number of nitrogens with one attached hydrogen (secondary N) is 1. The second-order valence-corrected chi connectivity index (χ2v) is 4.83. The van der Waals surface area contributed by atoms with E-state index in [1.165, 1.54) is 0 Å². The zero-order chi connectivity index (χ0) is 12.8. The summed E-state index contributed by atoms with van der Waals surface area (Å²) in [6, 6.07) is 12.8. The zero-order valence-electron chi connectivity index (χ0n) is 11.0. The summed E-state index contributed by atoms with van der Waals surface area (Å²) in [6.07, 6.45) is 1.92. The Morgan fingerprint density at radius 2 is 1.94 bits per heavy atom. The summed E-state index contributed by atoms with van der Waals surface area (Å²) in [4.78, 5) is 2.34. The van der Waals surface area contributed by atoms with Gasteiger partial charge in [0.25, 0.3) is 0 Å². The number of benzene rings is 1. The molecule has 0 aromatic heterocycles. The van der Waals surface area contributed by atoms with Gasteiger partial charge in [-0.1, -0.05) is 43.7 Å². The molecule has 96 valence electrons. The number of nitrogens with zero attached hydrogens (tertiary/aromatic N) is 2. The molecule has 18 heavy (non-hydrogen) atoms. The Balaban J connectivity index is 2.36. The number of hydrogen-bond donors (Lipinski definition) is 1. The van der Waals surface area contributed by atoms with E-state index in [4.69, 9.17) is 0 Å². The highest BCUT2D eigenvalue weighted by Gasteiger charge is 2.38. The van der Waals surface area contributed by atoms with Crippen LogP contribution in [0.15, 0.2) is 30.3 Å². The smallest absolute Gasteiger partial charge is 0.134 e. The molecule has 0 saturated carbocycles. The first-order chi connectivity index (χ1) is 8.83. The van der Waals surface area contributed by atoms with E-state index in [-0.39, 0.29) is 0 Å². The van der Waals surface area contributed by atoms with Crippen LogP contribution in [0, 0.1) is 11.3 Å². The Morgan fingerprint density at radius 3 is 2.50 bits per heavy atom. The van der Waals surface area contributed by atoms with Crippen molar-refractivity contribution in [3.8, 4) is 6.07 Å². The Kier molecular flexibility index (Phi) is 4.35. The maximum Gasteiger partial charge on any atom is 0.134 e. The molecule has 0 radical (unpaired) electrons. The third-order valence-corrected chi connectivity index (χ3v) is 3.70. The summed E-state index contributed by atoms with van der Waals surface area (Å²) in [7, 11) is 0. The molecule has 3 nitrogen and oxygen atoms in total. The molecular formula is C15H21N3. The van der Waals surface area contributed by atoms with Gasteiger partial charge in [0.2, 0.25) is 0 Å². The van der Waals surface area contributed by atoms with Crippen molar-refractivity contribution in [2.45, 2.75) is 25.3 Å². The summed E-state index contributed by atoms with van der Waals surface area (Å²) in [5.41, 5.74) is 0.689. The van der Waals surface area contributed by atoms with Crippen LogP contribution in [0.1, 0.15) is 25.3 Å². The van der Waals surface area contributed by atoms with Crippen molar-refractivity contribution < 1.29 is 0 Å². The topological polar surface area (TPSA) is 39.1 Å². The van der Waals surface area contributed by atoms with E-state index < -0.39 is 5.54 Å². The molecule has 0 amide bonds. The van der Waals surface area contributed by atoms with Gasteiger partial charge in [-0.15, -0.1) is 0 Å². The molecule has 0 bridgehead atoms. The molecule has 1 aromatic rings. The third kappa shape index (κ3) is 2.40. The summed E-state index contributed by atoms with van der Waals surface area (Å²) in [5, 5.41) is 13.2. The lowest BCUT2D eigenvalue weighted by Crippen LogP contribution is -2.53. The molecule has 1 saturated heterocycles. The molecule has 1 aliphatic rings. The van der Waals surface area contributed by atoms with E-state index in [1.54, 1.807) is 0 Å². The number of nitriles is 1. The van der Waals surface area contributed by atoms with Crippen molar-refractivity contribution in [2.75, 3.05) is 26.2 Å². The first-order valence-corrected chi connectivity index (χ1v) is 6.76. The highest BCUT2D eigenvalue weighted by atomic mass is 15.2. The highest BCUT2D eigenvalue weighted by molar-refractivity contribution is 5.31. The van der Waals surface area contributed by atoms with Gasteiger partial charge < -0.3 is 5.32 Å². The van der Waals surface area contributed by atoms with Crippen LogP contribution in [0.4, 0.5) is 0 Å². The van der Waals surface area contributed by atoms with E-state index in [9.17, 15) is 5.26 Å². The lowest BCUT2D eigenvalue weighted by Gasteiger charge is -2.41. The molecule has 1 aliphatic heterocycles. The molecular weight excluding hydrogens is 222 g/mol. The maximum absolute atomic E-state index is 9.80. The Morgan fingerprint density at radius 1 is 1.28 bits per heavy atom. The summed E-state index contributed by atoms with van der Waals surface area (Å²) in [6.45, 7) is 5.99. The number of hydrogen-bond acceptors (Lipinski definition) is 3. The standard InChI is InChI=1S/C15H21N3/c1-2-8-15(13-16,14-6-4-3-5-7-14)18-11-9-17-10-12-18/h3-7,17H,2,8-12H2,1H3. The monoisotopic (exact) mass is 243 g/mol.